The Morgan fingerprint density at radius 3 is 2.94 bits per heavy atom. The third-order valence-electron chi connectivity index (χ3n) is 2.28. The molecule has 2 N–H and O–H groups in total. The molecule has 0 radical (unpaired) electrons. The monoisotopic (exact) mass is 254 g/mol. The second kappa shape index (κ2) is 4.38. The first-order valence-electron chi connectivity index (χ1n) is 5.03. The summed E-state index contributed by atoms with van der Waals surface area (Å²) in [4.78, 5) is 15.4. The van der Waals surface area contributed by atoms with Crippen molar-refractivity contribution in [1.82, 2.24) is 4.98 Å². The van der Waals surface area contributed by atoms with Crippen molar-refractivity contribution in [1.29, 1.82) is 0 Å². The van der Waals surface area contributed by atoms with Gasteiger partial charge in [0, 0.05) is 0 Å². The van der Waals surface area contributed by atoms with Gasteiger partial charge in [0.1, 0.15) is 11.9 Å². The normalized spacial score (nSPS) is 12.7. The van der Waals surface area contributed by atoms with E-state index in [1.807, 2.05) is 0 Å². The fraction of sp³-hybridized carbons (Fsp3) is 0.273. The van der Waals surface area contributed by atoms with Gasteiger partial charge in [0.25, 0.3) is 5.91 Å². The van der Waals surface area contributed by atoms with E-state index < -0.39 is 12.0 Å². The summed E-state index contributed by atoms with van der Waals surface area (Å²) in [6.07, 6.45) is -1.10. The zero-order valence-electron chi connectivity index (χ0n) is 9.32. The molecular weight excluding hydrogens is 243 g/mol. The van der Waals surface area contributed by atoms with Crippen molar-refractivity contribution < 1.29 is 14.3 Å². The van der Waals surface area contributed by atoms with Crippen LogP contribution in [0, 0.1) is 12.7 Å². The number of halogens is 1. The number of aryl methyl sites for hydroxylation is 1. The Hall–Kier alpha value is -1.53. The number of fused-ring (bicyclic) bond motifs is 1. The van der Waals surface area contributed by atoms with Crippen molar-refractivity contribution in [2.75, 3.05) is 5.32 Å². The third-order valence-corrected chi connectivity index (χ3v) is 3.21. The Labute approximate surface area is 101 Å². The van der Waals surface area contributed by atoms with Crippen LogP contribution in [-0.2, 0) is 4.79 Å². The summed E-state index contributed by atoms with van der Waals surface area (Å²) in [7, 11) is 0. The number of nitrogens with one attached hydrogen (secondary N) is 1. The summed E-state index contributed by atoms with van der Waals surface area (Å²) in [6.45, 7) is 3.02. The van der Waals surface area contributed by atoms with Gasteiger partial charge in [0.05, 0.1) is 10.2 Å². The van der Waals surface area contributed by atoms with Crippen molar-refractivity contribution in [2.45, 2.75) is 20.0 Å². The van der Waals surface area contributed by atoms with Gasteiger partial charge in [0.2, 0.25) is 0 Å². The molecule has 0 saturated heterocycles. The number of anilines is 1. The number of benzene rings is 1. The van der Waals surface area contributed by atoms with Gasteiger partial charge < -0.3 is 5.11 Å². The predicted octanol–water partition coefficient (Wildman–Crippen LogP) is 2.06. The quantitative estimate of drug-likeness (QED) is 0.862. The number of aromatic nitrogens is 1. The highest BCUT2D eigenvalue weighted by atomic mass is 32.1. The van der Waals surface area contributed by atoms with Crippen LogP contribution in [0.25, 0.3) is 10.2 Å². The lowest BCUT2D eigenvalue weighted by Crippen LogP contribution is -2.24. The molecule has 4 nitrogen and oxygen atoms in total. The highest BCUT2D eigenvalue weighted by Gasteiger charge is 2.12. The molecule has 1 unspecified atom stereocenters. The number of hydrogen-bond acceptors (Lipinski definition) is 4. The molecule has 0 aliphatic heterocycles. The lowest BCUT2D eigenvalue weighted by molar-refractivity contribution is -0.123. The van der Waals surface area contributed by atoms with E-state index in [9.17, 15) is 9.18 Å². The molecule has 1 aromatic carbocycles. The molecule has 6 heteroatoms. The lowest BCUT2D eigenvalue weighted by Gasteiger charge is -2.02. The summed E-state index contributed by atoms with van der Waals surface area (Å²) in [5.74, 6) is -0.823. The number of aliphatic hydroxyl groups excluding tert-OH is 1. The van der Waals surface area contributed by atoms with Crippen LogP contribution in [0.3, 0.4) is 0 Å². The molecule has 17 heavy (non-hydrogen) atoms. The van der Waals surface area contributed by atoms with Crippen molar-refractivity contribution in [3.63, 3.8) is 0 Å². The minimum atomic E-state index is -1.10. The molecule has 1 atom stereocenters. The topological polar surface area (TPSA) is 62.2 Å². The number of hydrogen-bond donors (Lipinski definition) is 2. The molecule has 0 bridgehead atoms. The van der Waals surface area contributed by atoms with Crippen LogP contribution in [0.1, 0.15) is 12.5 Å². The fourth-order valence-corrected chi connectivity index (χ4v) is 2.19. The van der Waals surface area contributed by atoms with Gasteiger partial charge in [-0.25, -0.2) is 9.37 Å². The van der Waals surface area contributed by atoms with E-state index in [2.05, 4.69) is 10.3 Å². The molecule has 0 spiro atoms. The lowest BCUT2D eigenvalue weighted by atomic mass is 10.2. The van der Waals surface area contributed by atoms with Crippen LogP contribution in [0.5, 0.6) is 0 Å². The Morgan fingerprint density at radius 2 is 2.29 bits per heavy atom. The van der Waals surface area contributed by atoms with E-state index in [4.69, 9.17) is 5.11 Å². The Morgan fingerprint density at radius 1 is 1.59 bits per heavy atom. The fourth-order valence-electron chi connectivity index (χ4n) is 1.32. The van der Waals surface area contributed by atoms with E-state index in [1.165, 1.54) is 24.3 Å². The highest BCUT2D eigenvalue weighted by molar-refractivity contribution is 7.22. The summed E-state index contributed by atoms with van der Waals surface area (Å²) in [5, 5.41) is 11.9. The molecule has 0 saturated carbocycles. The second-order valence-corrected chi connectivity index (χ2v) is 4.78. The Bertz CT molecular complexity index is 541. The summed E-state index contributed by atoms with van der Waals surface area (Å²) >= 11 is 1.17. The number of thiazole rings is 1. The van der Waals surface area contributed by atoms with Crippen LogP contribution in [0.2, 0.25) is 0 Å². The molecule has 0 fully saturated rings. The molecule has 1 aromatic heterocycles. The van der Waals surface area contributed by atoms with Crippen molar-refractivity contribution in [3.8, 4) is 0 Å². The number of carbonyl (C=O) groups excluding carboxylic acids is 1. The molecule has 1 amide bonds. The third kappa shape index (κ3) is 2.42. The van der Waals surface area contributed by atoms with E-state index in [-0.39, 0.29) is 5.82 Å². The van der Waals surface area contributed by atoms with Crippen molar-refractivity contribution in [2.24, 2.45) is 0 Å². The summed E-state index contributed by atoms with van der Waals surface area (Å²) < 4.78 is 14.0. The first-order valence-corrected chi connectivity index (χ1v) is 5.84. The van der Waals surface area contributed by atoms with Crippen LogP contribution in [-0.4, -0.2) is 22.1 Å². The molecule has 0 aliphatic carbocycles. The zero-order valence-corrected chi connectivity index (χ0v) is 10.1. The van der Waals surface area contributed by atoms with Crippen LogP contribution in [0.4, 0.5) is 9.52 Å². The zero-order chi connectivity index (χ0) is 12.6. The second-order valence-electron chi connectivity index (χ2n) is 3.75. The first kappa shape index (κ1) is 11.9. The van der Waals surface area contributed by atoms with Gasteiger partial charge in [-0.2, -0.15) is 0 Å². The van der Waals surface area contributed by atoms with E-state index in [1.54, 1.807) is 13.0 Å². The number of rotatable bonds is 2. The van der Waals surface area contributed by atoms with Crippen LogP contribution in [0.15, 0.2) is 12.1 Å². The molecule has 0 aliphatic rings. The smallest absolute Gasteiger partial charge is 0.254 e. The number of amides is 1. The standard InChI is InChI=1S/C11H11FN2O2S/c1-5-3-8-9(4-7(5)12)17-11(13-8)14-10(16)6(2)15/h3-4,6,15H,1-2H3,(H,13,14,16). The first-order chi connectivity index (χ1) is 7.97. The highest BCUT2D eigenvalue weighted by Crippen LogP contribution is 2.28. The number of nitrogens with zero attached hydrogens (tertiary/aromatic N) is 1. The predicted molar refractivity (Wildman–Crippen MR) is 64.6 cm³/mol. The number of aliphatic hydroxyl groups is 1. The van der Waals surface area contributed by atoms with Gasteiger partial charge in [-0.3, -0.25) is 10.1 Å². The van der Waals surface area contributed by atoms with Gasteiger partial charge in [-0.15, -0.1) is 0 Å². The molecule has 2 aromatic rings. The maximum absolute atomic E-state index is 13.3. The van der Waals surface area contributed by atoms with Gasteiger partial charge in [0.15, 0.2) is 5.13 Å². The molecule has 2 rings (SSSR count). The van der Waals surface area contributed by atoms with E-state index >= 15 is 0 Å². The average molecular weight is 254 g/mol. The largest absolute Gasteiger partial charge is 0.384 e. The van der Waals surface area contributed by atoms with E-state index in [0.29, 0.717) is 20.9 Å². The molecule has 1 heterocycles. The molecular formula is C11H11FN2O2S. The summed E-state index contributed by atoms with van der Waals surface area (Å²) in [6, 6.07) is 3.01. The number of carbonyl (C=O) groups is 1. The van der Waals surface area contributed by atoms with Crippen LogP contribution < -0.4 is 5.32 Å². The van der Waals surface area contributed by atoms with Crippen molar-refractivity contribution in [3.05, 3.63) is 23.5 Å². The van der Waals surface area contributed by atoms with Gasteiger partial charge >= 0.3 is 0 Å². The Kier molecular flexibility index (Phi) is 3.08. The Balaban J connectivity index is 2.35. The van der Waals surface area contributed by atoms with E-state index in [0.717, 1.165) is 0 Å². The minimum absolute atomic E-state index is 0.297. The molecule has 90 valence electrons. The maximum Gasteiger partial charge on any atom is 0.254 e. The van der Waals surface area contributed by atoms with Gasteiger partial charge in [-0.1, -0.05) is 11.3 Å². The van der Waals surface area contributed by atoms with Gasteiger partial charge in [-0.05, 0) is 31.5 Å². The van der Waals surface area contributed by atoms with Crippen LogP contribution >= 0.6 is 11.3 Å². The minimum Gasteiger partial charge on any atom is -0.384 e. The van der Waals surface area contributed by atoms with Crippen molar-refractivity contribution >= 4 is 32.6 Å². The average Bonchev–Trinajstić information content (AvgIpc) is 2.60. The SMILES string of the molecule is Cc1cc2nc(NC(=O)C(C)O)sc2cc1F. The summed E-state index contributed by atoms with van der Waals surface area (Å²) in [5.41, 5.74) is 1.14. The maximum atomic E-state index is 13.3.